The zero-order chi connectivity index (χ0) is 12.1. The van der Waals surface area contributed by atoms with Crippen LogP contribution >= 0.6 is 11.6 Å². The van der Waals surface area contributed by atoms with Gasteiger partial charge in [-0.2, -0.15) is 0 Å². The SMILES string of the molecule is OCC1(CNc2ccnc(Cl)c2)CCCCC1. The number of hydrogen-bond donors (Lipinski definition) is 2. The van der Waals surface area contributed by atoms with E-state index in [4.69, 9.17) is 11.6 Å². The molecule has 17 heavy (non-hydrogen) atoms. The molecule has 1 heterocycles. The number of pyridine rings is 1. The van der Waals surface area contributed by atoms with Crippen molar-refractivity contribution in [1.82, 2.24) is 4.98 Å². The number of aliphatic hydroxyl groups excluding tert-OH is 1. The number of rotatable bonds is 4. The third-order valence-electron chi connectivity index (χ3n) is 3.64. The smallest absolute Gasteiger partial charge is 0.131 e. The summed E-state index contributed by atoms with van der Waals surface area (Å²) in [4.78, 5) is 3.95. The van der Waals surface area contributed by atoms with Crippen molar-refractivity contribution in [3.05, 3.63) is 23.5 Å². The summed E-state index contributed by atoms with van der Waals surface area (Å²) in [5, 5.41) is 13.5. The summed E-state index contributed by atoms with van der Waals surface area (Å²) in [7, 11) is 0. The second-order valence-electron chi connectivity index (χ2n) is 4.94. The maximum absolute atomic E-state index is 9.60. The Morgan fingerprint density at radius 1 is 1.35 bits per heavy atom. The number of hydrogen-bond acceptors (Lipinski definition) is 3. The van der Waals surface area contributed by atoms with E-state index in [1.165, 1.54) is 19.3 Å². The van der Waals surface area contributed by atoms with Crippen LogP contribution in [0.4, 0.5) is 5.69 Å². The topological polar surface area (TPSA) is 45.1 Å². The molecule has 1 fully saturated rings. The van der Waals surface area contributed by atoms with Crippen LogP contribution in [0.3, 0.4) is 0 Å². The average molecular weight is 255 g/mol. The van der Waals surface area contributed by atoms with Crippen molar-refractivity contribution in [3.8, 4) is 0 Å². The van der Waals surface area contributed by atoms with E-state index in [-0.39, 0.29) is 12.0 Å². The van der Waals surface area contributed by atoms with Crippen molar-refractivity contribution in [1.29, 1.82) is 0 Å². The molecular formula is C13H19ClN2O. The van der Waals surface area contributed by atoms with Crippen LogP contribution in [-0.4, -0.2) is 23.2 Å². The highest BCUT2D eigenvalue weighted by atomic mass is 35.5. The second kappa shape index (κ2) is 5.69. The standard InChI is InChI=1S/C13H19ClN2O/c14-12-8-11(4-7-15-12)16-9-13(10-17)5-2-1-3-6-13/h4,7-8,17H,1-3,5-6,9-10H2,(H,15,16). The number of anilines is 1. The molecule has 0 aromatic carbocycles. The number of aromatic nitrogens is 1. The number of nitrogens with zero attached hydrogens (tertiary/aromatic N) is 1. The Balaban J connectivity index is 1.95. The maximum Gasteiger partial charge on any atom is 0.131 e. The lowest BCUT2D eigenvalue weighted by atomic mass is 9.74. The van der Waals surface area contributed by atoms with Crippen molar-refractivity contribution in [2.24, 2.45) is 5.41 Å². The fourth-order valence-corrected chi connectivity index (χ4v) is 2.67. The largest absolute Gasteiger partial charge is 0.396 e. The minimum absolute atomic E-state index is 0.0496. The zero-order valence-corrected chi connectivity index (χ0v) is 10.7. The predicted molar refractivity (Wildman–Crippen MR) is 70.3 cm³/mol. The number of nitrogens with one attached hydrogen (secondary N) is 1. The summed E-state index contributed by atoms with van der Waals surface area (Å²) in [6.07, 6.45) is 7.64. The van der Waals surface area contributed by atoms with Crippen molar-refractivity contribution in [2.45, 2.75) is 32.1 Å². The highest BCUT2D eigenvalue weighted by Crippen LogP contribution is 2.36. The molecule has 2 rings (SSSR count). The molecule has 1 saturated carbocycles. The van der Waals surface area contributed by atoms with Crippen LogP contribution in [0.1, 0.15) is 32.1 Å². The van der Waals surface area contributed by atoms with Crippen LogP contribution in [0.15, 0.2) is 18.3 Å². The van der Waals surface area contributed by atoms with E-state index in [1.54, 1.807) is 6.20 Å². The molecule has 1 aliphatic carbocycles. The first-order valence-corrected chi connectivity index (χ1v) is 6.58. The molecule has 0 spiro atoms. The zero-order valence-electron chi connectivity index (χ0n) is 9.95. The van der Waals surface area contributed by atoms with Gasteiger partial charge in [0, 0.05) is 23.8 Å². The highest BCUT2D eigenvalue weighted by Gasteiger charge is 2.30. The number of aliphatic hydroxyl groups is 1. The van der Waals surface area contributed by atoms with E-state index in [1.807, 2.05) is 12.1 Å². The van der Waals surface area contributed by atoms with E-state index in [2.05, 4.69) is 10.3 Å². The number of halogens is 1. The summed E-state index contributed by atoms with van der Waals surface area (Å²) in [6, 6.07) is 3.72. The minimum Gasteiger partial charge on any atom is -0.396 e. The molecule has 0 radical (unpaired) electrons. The van der Waals surface area contributed by atoms with Gasteiger partial charge in [-0.05, 0) is 25.0 Å². The lowest BCUT2D eigenvalue weighted by molar-refractivity contribution is 0.0944. The fraction of sp³-hybridized carbons (Fsp3) is 0.615. The van der Waals surface area contributed by atoms with E-state index < -0.39 is 0 Å². The van der Waals surface area contributed by atoms with Gasteiger partial charge in [0.05, 0.1) is 6.61 Å². The molecule has 2 N–H and O–H groups in total. The maximum atomic E-state index is 9.60. The van der Waals surface area contributed by atoms with Crippen LogP contribution in [0.5, 0.6) is 0 Å². The van der Waals surface area contributed by atoms with Gasteiger partial charge in [0.2, 0.25) is 0 Å². The average Bonchev–Trinajstić information content (AvgIpc) is 2.38. The summed E-state index contributed by atoms with van der Waals surface area (Å²) < 4.78 is 0. The molecule has 1 aliphatic rings. The van der Waals surface area contributed by atoms with Gasteiger partial charge >= 0.3 is 0 Å². The van der Waals surface area contributed by atoms with Crippen molar-refractivity contribution >= 4 is 17.3 Å². The molecule has 0 unspecified atom stereocenters. The molecule has 0 atom stereocenters. The van der Waals surface area contributed by atoms with Crippen LogP contribution in [0.2, 0.25) is 5.15 Å². The predicted octanol–water partition coefficient (Wildman–Crippen LogP) is 3.09. The monoisotopic (exact) mass is 254 g/mol. The van der Waals surface area contributed by atoms with Crippen LogP contribution in [0, 0.1) is 5.41 Å². The fourth-order valence-electron chi connectivity index (χ4n) is 2.49. The van der Waals surface area contributed by atoms with Gasteiger partial charge < -0.3 is 10.4 Å². The van der Waals surface area contributed by atoms with Crippen molar-refractivity contribution < 1.29 is 5.11 Å². The van der Waals surface area contributed by atoms with Gasteiger partial charge in [0.15, 0.2) is 0 Å². The molecule has 1 aromatic heterocycles. The second-order valence-corrected chi connectivity index (χ2v) is 5.33. The molecule has 0 aliphatic heterocycles. The first kappa shape index (κ1) is 12.7. The van der Waals surface area contributed by atoms with Gasteiger partial charge in [-0.3, -0.25) is 0 Å². The van der Waals surface area contributed by atoms with E-state index in [0.717, 1.165) is 25.1 Å². The van der Waals surface area contributed by atoms with Gasteiger partial charge in [-0.25, -0.2) is 4.98 Å². The van der Waals surface area contributed by atoms with E-state index in [9.17, 15) is 5.11 Å². The molecule has 0 bridgehead atoms. The summed E-state index contributed by atoms with van der Waals surface area (Å²) in [6.45, 7) is 1.07. The van der Waals surface area contributed by atoms with Crippen LogP contribution in [-0.2, 0) is 0 Å². The van der Waals surface area contributed by atoms with E-state index in [0.29, 0.717) is 5.15 Å². The molecule has 1 aromatic rings. The lowest BCUT2D eigenvalue weighted by Crippen LogP contribution is -2.35. The Hall–Kier alpha value is -0.800. The summed E-state index contributed by atoms with van der Waals surface area (Å²) >= 11 is 5.83. The Bertz CT molecular complexity index is 364. The highest BCUT2D eigenvalue weighted by molar-refractivity contribution is 6.29. The molecule has 3 nitrogen and oxygen atoms in total. The van der Waals surface area contributed by atoms with Gasteiger partial charge in [-0.15, -0.1) is 0 Å². The molecule has 94 valence electrons. The Labute approximate surface area is 107 Å². The third kappa shape index (κ3) is 3.33. The quantitative estimate of drug-likeness (QED) is 0.812. The normalized spacial score (nSPS) is 18.9. The molecule has 0 saturated heterocycles. The molecular weight excluding hydrogens is 236 g/mol. The minimum atomic E-state index is 0.0496. The van der Waals surface area contributed by atoms with Crippen molar-refractivity contribution in [3.63, 3.8) is 0 Å². The third-order valence-corrected chi connectivity index (χ3v) is 3.85. The summed E-state index contributed by atoms with van der Waals surface area (Å²) in [5.74, 6) is 0. The first-order chi connectivity index (χ1) is 8.24. The summed E-state index contributed by atoms with van der Waals surface area (Å²) in [5.41, 5.74) is 1.02. The van der Waals surface area contributed by atoms with Gasteiger partial charge in [0.1, 0.15) is 5.15 Å². The van der Waals surface area contributed by atoms with Gasteiger partial charge in [-0.1, -0.05) is 30.9 Å². The lowest BCUT2D eigenvalue weighted by Gasteiger charge is -2.36. The first-order valence-electron chi connectivity index (χ1n) is 6.20. The van der Waals surface area contributed by atoms with E-state index >= 15 is 0 Å². The Kier molecular flexibility index (Phi) is 4.24. The Morgan fingerprint density at radius 3 is 2.76 bits per heavy atom. The molecule has 4 heteroatoms. The molecule has 0 amide bonds. The van der Waals surface area contributed by atoms with Crippen molar-refractivity contribution in [2.75, 3.05) is 18.5 Å². The van der Waals surface area contributed by atoms with Crippen LogP contribution < -0.4 is 5.32 Å². The van der Waals surface area contributed by atoms with Crippen LogP contribution in [0.25, 0.3) is 0 Å². The Morgan fingerprint density at radius 2 is 2.12 bits per heavy atom. The van der Waals surface area contributed by atoms with Gasteiger partial charge in [0.25, 0.3) is 0 Å².